The Hall–Kier alpha value is -1.36. The second-order valence-electron chi connectivity index (χ2n) is 5.54. The van der Waals surface area contributed by atoms with E-state index in [1.54, 1.807) is 4.90 Å². The molecule has 0 bridgehead atoms. The molecule has 1 aliphatic heterocycles. The van der Waals surface area contributed by atoms with Crippen molar-refractivity contribution < 1.29 is 14.7 Å². The fourth-order valence-electron chi connectivity index (χ4n) is 2.61. The Kier molecular flexibility index (Phi) is 6.71. The van der Waals surface area contributed by atoms with Gasteiger partial charge in [-0.3, -0.25) is 14.5 Å². The average Bonchev–Trinajstić information content (AvgIpc) is 2.60. The number of carbonyl (C=O) groups excluding carboxylic acids is 1. The van der Waals surface area contributed by atoms with Gasteiger partial charge in [0.1, 0.15) is 6.04 Å². The summed E-state index contributed by atoms with van der Waals surface area (Å²) in [5.41, 5.74) is 0.936. The van der Waals surface area contributed by atoms with Crippen molar-refractivity contribution in [3.05, 3.63) is 12.2 Å². The molecule has 0 aliphatic carbocycles. The fraction of sp³-hybridized carbons (Fsp3) is 0.733. The summed E-state index contributed by atoms with van der Waals surface area (Å²) in [7, 11) is 0. The van der Waals surface area contributed by atoms with E-state index in [1.807, 2.05) is 18.7 Å². The van der Waals surface area contributed by atoms with Crippen LogP contribution < -0.4 is 0 Å². The van der Waals surface area contributed by atoms with Gasteiger partial charge in [-0.15, -0.1) is 0 Å². The Labute approximate surface area is 121 Å². The molecule has 1 atom stereocenters. The molecule has 114 valence electrons. The maximum atomic E-state index is 12.3. The molecule has 1 rings (SSSR count). The molecule has 1 N–H and O–H groups in total. The van der Waals surface area contributed by atoms with Crippen LogP contribution in [0.2, 0.25) is 0 Å². The van der Waals surface area contributed by atoms with Gasteiger partial charge in [-0.2, -0.15) is 0 Å². The van der Waals surface area contributed by atoms with Crippen molar-refractivity contribution in [2.75, 3.05) is 26.2 Å². The Bertz CT molecular complexity index is 368. The van der Waals surface area contributed by atoms with Gasteiger partial charge in [0, 0.05) is 13.1 Å². The summed E-state index contributed by atoms with van der Waals surface area (Å²) in [5.74, 6) is -0.828. The number of likely N-dealkylation sites (tertiary alicyclic amines) is 1. The number of amides is 1. The van der Waals surface area contributed by atoms with E-state index in [-0.39, 0.29) is 12.5 Å². The van der Waals surface area contributed by atoms with Crippen LogP contribution in [-0.2, 0) is 9.59 Å². The SMILES string of the molecule is C=C(C)CN(CC)C(=O)CN1CCCCCC1C(=O)O. The van der Waals surface area contributed by atoms with Crippen molar-refractivity contribution in [1.29, 1.82) is 0 Å². The van der Waals surface area contributed by atoms with Crippen molar-refractivity contribution >= 4 is 11.9 Å². The van der Waals surface area contributed by atoms with Gasteiger partial charge in [0.2, 0.25) is 5.91 Å². The third-order valence-corrected chi connectivity index (χ3v) is 3.68. The zero-order chi connectivity index (χ0) is 15.1. The molecule has 1 unspecified atom stereocenters. The number of carboxylic acids is 1. The van der Waals surface area contributed by atoms with Crippen LogP contribution in [0, 0.1) is 0 Å². The zero-order valence-corrected chi connectivity index (χ0v) is 12.6. The summed E-state index contributed by atoms with van der Waals surface area (Å²) in [5, 5.41) is 9.31. The summed E-state index contributed by atoms with van der Waals surface area (Å²) < 4.78 is 0. The molecule has 1 fully saturated rings. The lowest BCUT2D eigenvalue weighted by molar-refractivity contribution is -0.144. The highest BCUT2D eigenvalue weighted by atomic mass is 16.4. The first-order chi connectivity index (χ1) is 9.45. The van der Waals surface area contributed by atoms with Crippen molar-refractivity contribution in [2.45, 2.75) is 45.6 Å². The van der Waals surface area contributed by atoms with Crippen LogP contribution in [0.3, 0.4) is 0 Å². The largest absolute Gasteiger partial charge is 0.480 e. The van der Waals surface area contributed by atoms with Crippen molar-refractivity contribution in [1.82, 2.24) is 9.80 Å². The predicted octanol–water partition coefficient (Wildman–Crippen LogP) is 1.74. The van der Waals surface area contributed by atoms with Crippen molar-refractivity contribution in [2.24, 2.45) is 0 Å². The Balaban J connectivity index is 2.68. The minimum Gasteiger partial charge on any atom is -0.480 e. The standard InChI is InChI=1S/C15H26N2O3/c1-4-16(10-12(2)3)14(18)11-17-9-7-5-6-8-13(17)15(19)20/h13H,2,4-11H2,1,3H3,(H,19,20). The summed E-state index contributed by atoms with van der Waals surface area (Å²) >= 11 is 0. The van der Waals surface area contributed by atoms with E-state index < -0.39 is 12.0 Å². The second-order valence-corrected chi connectivity index (χ2v) is 5.54. The molecular formula is C15H26N2O3. The molecule has 1 amide bonds. The third-order valence-electron chi connectivity index (χ3n) is 3.68. The van der Waals surface area contributed by atoms with Gasteiger partial charge < -0.3 is 10.0 Å². The summed E-state index contributed by atoms with van der Waals surface area (Å²) in [6.07, 6.45) is 3.56. The molecule has 5 heteroatoms. The molecule has 1 heterocycles. The highest BCUT2D eigenvalue weighted by Crippen LogP contribution is 2.17. The first kappa shape index (κ1) is 16.7. The number of nitrogens with zero attached hydrogens (tertiary/aromatic N) is 2. The van der Waals surface area contributed by atoms with Gasteiger partial charge in [-0.25, -0.2) is 0 Å². The minimum absolute atomic E-state index is 0.0105. The van der Waals surface area contributed by atoms with Crippen LogP contribution in [-0.4, -0.2) is 59.0 Å². The minimum atomic E-state index is -0.817. The molecule has 0 aromatic heterocycles. The Morgan fingerprint density at radius 3 is 2.60 bits per heavy atom. The number of hydrogen-bond donors (Lipinski definition) is 1. The van der Waals surface area contributed by atoms with E-state index in [0.717, 1.165) is 24.8 Å². The summed E-state index contributed by atoms with van der Waals surface area (Å²) in [4.78, 5) is 27.2. The lowest BCUT2D eigenvalue weighted by Gasteiger charge is -2.29. The van der Waals surface area contributed by atoms with Gasteiger partial charge in [0.15, 0.2) is 0 Å². The Morgan fingerprint density at radius 2 is 2.05 bits per heavy atom. The molecule has 0 aromatic carbocycles. The first-order valence-corrected chi connectivity index (χ1v) is 7.34. The van der Waals surface area contributed by atoms with Crippen LogP contribution >= 0.6 is 0 Å². The summed E-state index contributed by atoms with van der Waals surface area (Å²) in [6, 6.07) is -0.523. The third kappa shape index (κ3) is 4.96. The van der Waals surface area contributed by atoms with E-state index in [2.05, 4.69) is 6.58 Å². The molecule has 1 saturated heterocycles. The molecule has 0 spiro atoms. The smallest absolute Gasteiger partial charge is 0.320 e. The number of carboxylic acid groups (broad SMARTS) is 1. The first-order valence-electron chi connectivity index (χ1n) is 7.34. The number of carbonyl (C=O) groups is 2. The van der Waals surface area contributed by atoms with Crippen LogP contribution in [0.5, 0.6) is 0 Å². The number of aliphatic carboxylic acids is 1. The maximum absolute atomic E-state index is 12.3. The highest BCUT2D eigenvalue weighted by molar-refractivity contribution is 5.80. The second kappa shape index (κ2) is 8.04. The molecule has 5 nitrogen and oxygen atoms in total. The van der Waals surface area contributed by atoms with Gasteiger partial charge in [0.25, 0.3) is 0 Å². The Morgan fingerprint density at radius 1 is 1.35 bits per heavy atom. The van der Waals surface area contributed by atoms with Crippen molar-refractivity contribution in [3.8, 4) is 0 Å². The molecular weight excluding hydrogens is 256 g/mol. The lowest BCUT2D eigenvalue weighted by atomic mass is 10.1. The van der Waals surface area contributed by atoms with Crippen LogP contribution in [0.25, 0.3) is 0 Å². The normalized spacial score (nSPS) is 20.2. The summed E-state index contributed by atoms with van der Waals surface area (Å²) in [6.45, 7) is 9.69. The molecule has 0 aromatic rings. The van der Waals surface area contributed by atoms with Gasteiger partial charge in [0.05, 0.1) is 6.54 Å². The quantitative estimate of drug-likeness (QED) is 0.754. The van der Waals surface area contributed by atoms with E-state index in [4.69, 9.17) is 0 Å². The fourth-order valence-corrected chi connectivity index (χ4v) is 2.61. The molecule has 0 radical (unpaired) electrons. The maximum Gasteiger partial charge on any atom is 0.320 e. The van der Waals surface area contributed by atoms with Crippen LogP contribution in [0.1, 0.15) is 39.5 Å². The number of rotatable bonds is 6. The average molecular weight is 282 g/mol. The molecule has 1 aliphatic rings. The van der Waals surface area contributed by atoms with Crippen molar-refractivity contribution in [3.63, 3.8) is 0 Å². The van der Waals surface area contributed by atoms with Crippen LogP contribution in [0.4, 0.5) is 0 Å². The van der Waals surface area contributed by atoms with E-state index in [9.17, 15) is 14.7 Å². The van der Waals surface area contributed by atoms with Gasteiger partial charge >= 0.3 is 5.97 Å². The van der Waals surface area contributed by atoms with Gasteiger partial charge in [-0.1, -0.05) is 25.0 Å². The van der Waals surface area contributed by atoms with E-state index in [0.29, 0.717) is 26.1 Å². The van der Waals surface area contributed by atoms with Gasteiger partial charge in [-0.05, 0) is 33.2 Å². The molecule has 20 heavy (non-hydrogen) atoms. The van der Waals surface area contributed by atoms with E-state index >= 15 is 0 Å². The zero-order valence-electron chi connectivity index (χ0n) is 12.6. The highest BCUT2D eigenvalue weighted by Gasteiger charge is 2.29. The lowest BCUT2D eigenvalue weighted by Crippen LogP contribution is -2.47. The van der Waals surface area contributed by atoms with Crippen LogP contribution in [0.15, 0.2) is 12.2 Å². The molecule has 0 saturated carbocycles. The number of hydrogen-bond acceptors (Lipinski definition) is 3. The van der Waals surface area contributed by atoms with E-state index in [1.165, 1.54) is 0 Å². The topological polar surface area (TPSA) is 60.9 Å². The monoisotopic (exact) mass is 282 g/mol. The number of likely N-dealkylation sites (N-methyl/N-ethyl adjacent to an activating group) is 1. The predicted molar refractivity (Wildman–Crippen MR) is 78.5 cm³/mol.